The molecule has 1 heterocycles. The summed E-state index contributed by atoms with van der Waals surface area (Å²) in [6, 6.07) is 23.8. The van der Waals surface area contributed by atoms with Crippen molar-refractivity contribution in [3.8, 4) is 11.8 Å². The molecule has 1 aliphatic carbocycles. The molecule has 1 amide bonds. The number of hydrogen-bond acceptors (Lipinski definition) is 2. The summed E-state index contributed by atoms with van der Waals surface area (Å²) in [7, 11) is 0. The minimum Gasteiger partial charge on any atom is -0.347 e. The van der Waals surface area contributed by atoms with Crippen LogP contribution in [0.4, 0.5) is 0 Å². The Morgan fingerprint density at radius 2 is 1.61 bits per heavy atom. The maximum absolute atomic E-state index is 12.6. The van der Waals surface area contributed by atoms with Crippen molar-refractivity contribution in [3.05, 3.63) is 99.8 Å². The van der Waals surface area contributed by atoms with Crippen molar-refractivity contribution in [1.82, 2.24) is 9.88 Å². The van der Waals surface area contributed by atoms with Gasteiger partial charge in [-0.1, -0.05) is 60.5 Å². The molecule has 1 N–H and O–H groups in total. The van der Waals surface area contributed by atoms with Crippen molar-refractivity contribution in [2.24, 2.45) is 0 Å². The van der Waals surface area contributed by atoms with Gasteiger partial charge in [-0.15, -0.1) is 0 Å². The van der Waals surface area contributed by atoms with E-state index in [4.69, 9.17) is 12.2 Å². The first kappa shape index (κ1) is 18.2. The third-order valence-electron chi connectivity index (χ3n) is 4.67. The topological polar surface area (TPSA) is 34.0 Å². The van der Waals surface area contributed by atoms with E-state index in [9.17, 15) is 4.79 Å². The summed E-state index contributed by atoms with van der Waals surface area (Å²) in [6.45, 7) is 0.470. The molecule has 0 aliphatic heterocycles. The highest BCUT2D eigenvalue weighted by atomic mass is 32.1. The highest BCUT2D eigenvalue weighted by molar-refractivity contribution is 7.71. The molecule has 4 rings (SSSR count). The molecule has 0 saturated heterocycles. The smallest absolute Gasteiger partial charge is 0.268 e. The van der Waals surface area contributed by atoms with Crippen LogP contribution in [0.3, 0.4) is 0 Å². The van der Waals surface area contributed by atoms with Gasteiger partial charge in [0.05, 0.1) is 0 Å². The largest absolute Gasteiger partial charge is 0.347 e. The van der Waals surface area contributed by atoms with E-state index in [0.29, 0.717) is 18.3 Å². The van der Waals surface area contributed by atoms with Gasteiger partial charge in [-0.05, 0) is 54.8 Å². The van der Waals surface area contributed by atoms with Crippen LogP contribution >= 0.6 is 12.2 Å². The van der Waals surface area contributed by atoms with Crippen LogP contribution in [0.1, 0.15) is 46.1 Å². The van der Waals surface area contributed by atoms with E-state index in [0.717, 1.165) is 34.2 Å². The number of amides is 1. The molecule has 138 valence electrons. The molecule has 28 heavy (non-hydrogen) atoms. The Labute approximate surface area is 170 Å². The monoisotopic (exact) mass is 384 g/mol. The van der Waals surface area contributed by atoms with E-state index < -0.39 is 0 Å². The first-order chi connectivity index (χ1) is 13.7. The van der Waals surface area contributed by atoms with Crippen LogP contribution in [-0.4, -0.2) is 10.5 Å². The van der Waals surface area contributed by atoms with Gasteiger partial charge in [0.25, 0.3) is 5.91 Å². The van der Waals surface area contributed by atoms with Crippen LogP contribution in [0, 0.1) is 16.5 Å². The summed E-state index contributed by atoms with van der Waals surface area (Å²) >= 11 is 5.40. The van der Waals surface area contributed by atoms with Gasteiger partial charge < -0.3 is 9.88 Å². The third kappa shape index (κ3) is 4.39. The number of carbonyl (C=O) groups is 1. The minimum absolute atomic E-state index is 0.0912. The van der Waals surface area contributed by atoms with E-state index >= 15 is 0 Å². The maximum Gasteiger partial charge on any atom is 0.268 e. The first-order valence-electron chi connectivity index (χ1n) is 9.36. The van der Waals surface area contributed by atoms with Crippen LogP contribution in [0.2, 0.25) is 0 Å². The molecule has 1 saturated carbocycles. The second kappa shape index (κ2) is 8.24. The number of hydrogen-bond donors (Lipinski definition) is 1. The van der Waals surface area contributed by atoms with Crippen LogP contribution in [0.25, 0.3) is 0 Å². The fraction of sp³-hybridized carbons (Fsp3) is 0.167. The average molecular weight is 385 g/mol. The number of aromatic nitrogens is 1. The van der Waals surface area contributed by atoms with Crippen molar-refractivity contribution in [2.45, 2.75) is 25.4 Å². The van der Waals surface area contributed by atoms with Crippen molar-refractivity contribution >= 4 is 18.1 Å². The number of pyridine rings is 1. The Bertz CT molecular complexity index is 1100. The van der Waals surface area contributed by atoms with Gasteiger partial charge >= 0.3 is 0 Å². The summed E-state index contributed by atoms with van der Waals surface area (Å²) in [5.74, 6) is 6.22. The Hall–Kier alpha value is -3.16. The van der Waals surface area contributed by atoms with Crippen molar-refractivity contribution in [3.63, 3.8) is 0 Å². The zero-order chi connectivity index (χ0) is 19.3. The van der Waals surface area contributed by atoms with Crippen LogP contribution < -0.4 is 5.32 Å². The van der Waals surface area contributed by atoms with E-state index in [1.807, 2.05) is 77.4 Å². The molecule has 3 nitrogen and oxygen atoms in total. The normalized spacial score (nSPS) is 12.7. The summed E-state index contributed by atoms with van der Waals surface area (Å²) in [4.78, 5) is 12.6. The summed E-state index contributed by atoms with van der Waals surface area (Å²) in [6.07, 6.45) is 2.17. The molecule has 2 aromatic carbocycles. The molecule has 0 unspecified atom stereocenters. The van der Waals surface area contributed by atoms with Crippen molar-refractivity contribution in [2.75, 3.05) is 0 Å². The third-order valence-corrected chi connectivity index (χ3v) is 5.00. The van der Waals surface area contributed by atoms with E-state index in [2.05, 4.69) is 17.2 Å². The second-order valence-electron chi connectivity index (χ2n) is 6.85. The number of carbonyl (C=O) groups excluding carboxylic acids is 1. The number of benzene rings is 2. The first-order valence-corrected chi connectivity index (χ1v) is 9.77. The quantitative estimate of drug-likeness (QED) is 0.514. The maximum atomic E-state index is 12.6. The SMILES string of the molecule is O=C(NCc1ccc(C#Cc2ccccc2)cc1)c1cccc(=S)n1C1CC1. The molecule has 1 fully saturated rings. The lowest BCUT2D eigenvalue weighted by atomic mass is 10.1. The van der Waals surface area contributed by atoms with Crippen molar-refractivity contribution < 1.29 is 4.79 Å². The zero-order valence-corrected chi connectivity index (χ0v) is 16.2. The number of rotatable bonds is 4. The van der Waals surface area contributed by atoms with Gasteiger partial charge in [0.1, 0.15) is 10.3 Å². The molecular formula is C24H20N2OS. The summed E-state index contributed by atoms with van der Waals surface area (Å²) < 4.78 is 2.70. The van der Waals surface area contributed by atoms with Crippen molar-refractivity contribution in [1.29, 1.82) is 0 Å². The predicted octanol–water partition coefficient (Wildman–Crippen LogP) is 4.88. The second-order valence-corrected chi connectivity index (χ2v) is 7.26. The lowest BCUT2D eigenvalue weighted by Crippen LogP contribution is -2.26. The Morgan fingerprint density at radius 1 is 0.929 bits per heavy atom. The Kier molecular flexibility index (Phi) is 5.36. The van der Waals surface area contributed by atoms with E-state index in [1.165, 1.54) is 0 Å². The minimum atomic E-state index is -0.0912. The van der Waals surface area contributed by atoms with Crippen LogP contribution in [0.5, 0.6) is 0 Å². The van der Waals surface area contributed by atoms with Crippen LogP contribution in [0.15, 0.2) is 72.8 Å². The van der Waals surface area contributed by atoms with Gasteiger partial charge in [-0.25, -0.2) is 0 Å². The van der Waals surface area contributed by atoms with Crippen LogP contribution in [-0.2, 0) is 6.54 Å². The molecule has 1 aliphatic rings. The molecular weight excluding hydrogens is 364 g/mol. The molecule has 4 heteroatoms. The number of nitrogens with zero attached hydrogens (tertiary/aromatic N) is 1. The average Bonchev–Trinajstić information content (AvgIpc) is 3.57. The standard InChI is InChI=1S/C24H20N2OS/c27-24(22-7-4-8-23(28)26(22)21-15-16-21)25-17-20-13-11-19(12-14-20)10-9-18-5-2-1-3-6-18/h1-8,11-14,21H,15-17H2,(H,25,27). The molecule has 0 atom stereocenters. The van der Waals surface area contributed by atoms with Gasteiger partial charge in [-0.2, -0.15) is 0 Å². The molecule has 3 aromatic rings. The molecule has 1 aromatic heterocycles. The highest BCUT2D eigenvalue weighted by Gasteiger charge is 2.27. The Morgan fingerprint density at radius 3 is 2.29 bits per heavy atom. The van der Waals surface area contributed by atoms with Gasteiger partial charge in [-0.3, -0.25) is 4.79 Å². The fourth-order valence-corrected chi connectivity index (χ4v) is 3.37. The van der Waals surface area contributed by atoms with E-state index in [-0.39, 0.29) is 5.91 Å². The van der Waals surface area contributed by atoms with Gasteiger partial charge in [0.2, 0.25) is 0 Å². The van der Waals surface area contributed by atoms with E-state index in [1.54, 1.807) is 0 Å². The zero-order valence-electron chi connectivity index (χ0n) is 15.4. The highest BCUT2D eigenvalue weighted by Crippen LogP contribution is 2.36. The fourth-order valence-electron chi connectivity index (χ4n) is 3.04. The molecule has 0 bridgehead atoms. The van der Waals surface area contributed by atoms with Gasteiger partial charge in [0.15, 0.2) is 0 Å². The summed E-state index contributed by atoms with van der Waals surface area (Å²) in [5, 5.41) is 3.00. The summed E-state index contributed by atoms with van der Waals surface area (Å²) in [5.41, 5.74) is 3.61. The predicted molar refractivity (Wildman–Crippen MR) is 114 cm³/mol. The lowest BCUT2D eigenvalue weighted by molar-refractivity contribution is 0.0940. The van der Waals surface area contributed by atoms with Gasteiger partial charge in [0, 0.05) is 23.7 Å². The molecule has 0 spiro atoms. The lowest BCUT2D eigenvalue weighted by Gasteiger charge is -2.13. The Balaban J connectivity index is 1.41. The number of nitrogens with one attached hydrogen (secondary N) is 1. The molecule has 0 radical (unpaired) electrons.